The molecule has 1 aliphatic carbocycles. The fraction of sp³-hybridized carbons (Fsp3) is 0.259. The lowest BCUT2D eigenvalue weighted by Gasteiger charge is -2.29. The second-order valence-electron chi connectivity index (χ2n) is 8.23. The maximum Gasteiger partial charge on any atom is 0.172 e. The number of benzene rings is 3. The van der Waals surface area contributed by atoms with Crippen molar-refractivity contribution in [2.75, 3.05) is 0 Å². The molecular formula is C27H26FNO. The van der Waals surface area contributed by atoms with Crippen molar-refractivity contribution in [3.05, 3.63) is 102 Å². The molecule has 2 nitrogen and oxygen atoms in total. The number of nitrogens with zero attached hydrogens (tertiary/aromatic N) is 1. The molecular weight excluding hydrogens is 373 g/mol. The zero-order valence-corrected chi connectivity index (χ0v) is 17.4. The molecule has 0 spiro atoms. The number of carbonyl (C=O) groups is 1. The molecule has 0 radical (unpaired) electrons. The van der Waals surface area contributed by atoms with Gasteiger partial charge in [0.1, 0.15) is 0 Å². The van der Waals surface area contributed by atoms with Crippen molar-refractivity contribution in [1.82, 2.24) is 0 Å². The molecule has 0 N–H and O–H groups in total. The first-order valence-electron chi connectivity index (χ1n) is 10.5. The Morgan fingerprint density at radius 1 is 0.933 bits per heavy atom. The molecule has 1 unspecified atom stereocenters. The number of hydrogen-bond acceptors (Lipinski definition) is 2. The fourth-order valence-electron chi connectivity index (χ4n) is 4.08. The Morgan fingerprint density at radius 3 is 2.00 bits per heavy atom. The van der Waals surface area contributed by atoms with Gasteiger partial charge in [0.25, 0.3) is 0 Å². The van der Waals surface area contributed by atoms with E-state index in [0.717, 1.165) is 40.9 Å². The monoisotopic (exact) mass is 399 g/mol. The van der Waals surface area contributed by atoms with Gasteiger partial charge in [0, 0.05) is 17.0 Å². The average molecular weight is 400 g/mol. The third-order valence-corrected chi connectivity index (χ3v) is 5.93. The van der Waals surface area contributed by atoms with Gasteiger partial charge in [0.15, 0.2) is 11.5 Å². The predicted octanol–water partition coefficient (Wildman–Crippen LogP) is 6.67. The maximum atomic E-state index is 15.4. The average Bonchev–Trinajstić information content (AvgIpc) is 3.58. The smallest absolute Gasteiger partial charge is 0.172 e. The van der Waals surface area contributed by atoms with Crippen LogP contribution in [0.4, 0.5) is 10.1 Å². The van der Waals surface area contributed by atoms with E-state index in [2.05, 4.69) is 0 Å². The molecule has 0 bridgehead atoms. The van der Waals surface area contributed by atoms with E-state index in [0.29, 0.717) is 0 Å². The predicted molar refractivity (Wildman–Crippen MR) is 120 cm³/mol. The second-order valence-corrected chi connectivity index (χ2v) is 8.23. The van der Waals surface area contributed by atoms with Gasteiger partial charge in [-0.05, 0) is 50.3 Å². The SMILES string of the molecule is CC(=O)C(C)(F)[C@H](c1cccc(N=C(c2ccccc2)c2ccccc2)c1)C1CC1. The van der Waals surface area contributed by atoms with Gasteiger partial charge in [-0.3, -0.25) is 4.79 Å². The molecule has 0 aliphatic heterocycles. The van der Waals surface area contributed by atoms with Crippen molar-refractivity contribution in [1.29, 1.82) is 0 Å². The van der Waals surface area contributed by atoms with Crippen molar-refractivity contribution < 1.29 is 9.18 Å². The van der Waals surface area contributed by atoms with E-state index in [-0.39, 0.29) is 5.92 Å². The van der Waals surface area contributed by atoms with Crippen LogP contribution in [0, 0.1) is 5.92 Å². The van der Waals surface area contributed by atoms with Gasteiger partial charge in [-0.15, -0.1) is 0 Å². The van der Waals surface area contributed by atoms with E-state index >= 15 is 4.39 Å². The van der Waals surface area contributed by atoms with Gasteiger partial charge in [-0.1, -0.05) is 72.8 Å². The third-order valence-electron chi connectivity index (χ3n) is 5.93. The van der Waals surface area contributed by atoms with Crippen LogP contribution in [0.3, 0.4) is 0 Å². The Bertz CT molecular complexity index is 1010. The first-order valence-corrected chi connectivity index (χ1v) is 10.5. The second kappa shape index (κ2) is 8.35. The largest absolute Gasteiger partial charge is 0.296 e. The molecule has 1 saturated carbocycles. The number of aliphatic imine (C=N–C) groups is 1. The first kappa shape index (κ1) is 20.2. The zero-order valence-electron chi connectivity index (χ0n) is 17.4. The van der Waals surface area contributed by atoms with Gasteiger partial charge >= 0.3 is 0 Å². The molecule has 3 heteroatoms. The van der Waals surface area contributed by atoms with Crippen LogP contribution in [-0.4, -0.2) is 17.2 Å². The fourth-order valence-corrected chi connectivity index (χ4v) is 4.08. The number of carbonyl (C=O) groups excluding carboxylic acids is 1. The molecule has 1 aliphatic rings. The number of ketones is 1. The van der Waals surface area contributed by atoms with Crippen LogP contribution < -0.4 is 0 Å². The number of rotatable bonds is 7. The maximum absolute atomic E-state index is 15.4. The highest BCUT2D eigenvalue weighted by atomic mass is 19.1. The Hall–Kier alpha value is -3.07. The first-order chi connectivity index (χ1) is 14.5. The van der Waals surface area contributed by atoms with Gasteiger partial charge in [0.05, 0.1) is 11.4 Å². The van der Waals surface area contributed by atoms with Crippen LogP contribution in [0.25, 0.3) is 0 Å². The van der Waals surface area contributed by atoms with Crippen LogP contribution >= 0.6 is 0 Å². The highest BCUT2D eigenvalue weighted by molar-refractivity contribution is 6.13. The molecule has 2 atom stereocenters. The van der Waals surface area contributed by atoms with Crippen molar-refractivity contribution in [3.63, 3.8) is 0 Å². The molecule has 3 aromatic rings. The molecule has 3 aromatic carbocycles. The lowest BCUT2D eigenvalue weighted by atomic mass is 9.79. The number of alkyl halides is 1. The van der Waals surface area contributed by atoms with Crippen molar-refractivity contribution >= 4 is 17.2 Å². The molecule has 152 valence electrons. The topological polar surface area (TPSA) is 29.4 Å². The molecule has 0 heterocycles. The summed E-state index contributed by atoms with van der Waals surface area (Å²) in [6.07, 6.45) is 1.93. The van der Waals surface area contributed by atoms with E-state index in [9.17, 15) is 4.79 Å². The molecule has 30 heavy (non-hydrogen) atoms. The third kappa shape index (κ3) is 4.25. The van der Waals surface area contributed by atoms with Gasteiger partial charge < -0.3 is 0 Å². The van der Waals surface area contributed by atoms with Crippen LogP contribution in [0.1, 0.15) is 49.3 Å². The molecule has 0 amide bonds. The minimum Gasteiger partial charge on any atom is -0.296 e. The molecule has 1 fully saturated rings. The summed E-state index contributed by atoms with van der Waals surface area (Å²) >= 11 is 0. The number of Topliss-reactive ketones (excluding diaryl/α,β-unsaturated/α-hetero) is 1. The standard InChI is InChI=1S/C27H26FNO/c1-19(30)27(2,28)25(20-16-17-20)23-14-9-15-24(18-23)29-26(21-10-5-3-6-11-21)22-12-7-4-8-13-22/h3-15,18,20,25H,16-17H2,1-2H3/t25-,27?/m0/s1. The zero-order chi connectivity index (χ0) is 21.1. The Balaban J connectivity index is 1.78. The number of hydrogen-bond donors (Lipinski definition) is 0. The summed E-state index contributed by atoms with van der Waals surface area (Å²) in [5.74, 6) is -0.629. The number of halogens is 1. The van der Waals surface area contributed by atoms with Crippen LogP contribution in [0.2, 0.25) is 0 Å². The van der Waals surface area contributed by atoms with E-state index < -0.39 is 17.4 Å². The Morgan fingerprint density at radius 2 is 1.50 bits per heavy atom. The van der Waals surface area contributed by atoms with Gasteiger partial charge in [0.2, 0.25) is 0 Å². The lowest BCUT2D eigenvalue weighted by Crippen LogP contribution is -2.36. The molecule has 0 aromatic heterocycles. The summed E-state index contributed by atoms with van der Waals surface area (Å²) in [7, 11) is 0. The minimum absolute atomic E-state index is 0.214. The van der Waals surface area contributed by atoms with E-state index in [4.69, 9.17) is 4.99 Å². The van der Waals surface area contributed by atoms with E-state index in [1.807, 2.05) is 84.9 Å². The highest BCUT2D eigenvalue weighted by Gasteiger charge is 2.48. The summed E-state index contributed by atoms with van der Waals surface area (Å²) in [6.45, 7) is 2.77. The normalized spacial score (nSPS) is 16.4. The summed E-state index contributed by atoms with van der Waals surface area (Å²) in [5.41, 5.74) is 2.65. The quantitative estimate of drug-likeness (QED) is 0.408. The highest BCUT2D eigenvalue weighted by Crippen LogP contribution is 2.50. The minimum atomic E-state index is -1.87. The van der Waals surface area contributed by atoms with Gasteiger partial charge in [-0.25, -0.2) is 9.38 Å². The van der Waals surface area contributed by atoms with Crippen LogP contribution in [-0.2, 0) is 4.79 Å². The summed E-state index contributed by atoms with van der Waals surface area (Å²) < 4.78 is 15.4. The van der Waals surface area contributed by atoms with E-state index in [1.54, 1.807) is 0 Å². The molecule has 4 rings (SSSR count). The summed E-state index contributed by atoms with van der Waals surface area (Å²) in [6, 6.07) is 27.8. The van der Waals surface area contributed by atoms with Crippen LogP contribution in [0.15, 0.2) is 89.9 Å². The van der Waals surface area contributed by atoms with Gasteiger partial charge in [-0.2, -0.15) is 0 Å². The summed E-state index contributed by atoms with van der Waals surface area (Å²) in [5, 5.41) is 0. The van der Waals surface area contributed by atoms with E-state index in [1.165, 1.54) is 13.8 Å². The lowest BCUT2D eigenvalue weighted by molar-refractivity contribution is -0.129. The van der Waals surface area contributed by atoms with Crippen molar-refractivity contribution in [2.24, 2.45) is 10.9 Å². The Kier molecular flexibility index (Phi) is 5.63. The van der Waals surface area contributed by atoms with Crippen LogP contribution in [0.5, 0.6) is 0 Å². The Labute approximate surface area is 177 Å². The van der Waals surface area contributed by atoms with Crippen molar-refractivity contribution in [2.45, 2.75) is 38.3 Å². The molecule has 0 saturated heterocycles. The summed E-state index contributed by atoms with van der Waals surface area (Å²) in [4.78, 5) is 17.0. The van der Waals surface area contributed by atoms with Crippen molar-refractivity contribution in [3.8, 4) is 0 Å².